The molecule has 6 unspecified atom stereocenters. The number of hydrogen-bond donors (Lipinski definition) is 2. The van der Waals surface area contributed by atoms with Gasteiger partial charge in [0.2, 0.25) is 0 Å². The molecule has 0 aromatic rings. The van der Waals surface area contributed by atoms with Gasteiger partial charge in [-0.25, -0.2) is 0 Å². The Morgan fingerprint density at radius 2 is 1.78 bits per heavy atom. The highest BCUT2D eigenvalue weighted by atomic mass is 79.9. The Bertz CT molecular complexity index is 433. The van der Waals surface area contributed by atoms with Crippen molar-refractivity contribution in [3.8, 4) is 0 Å². The van der Waals surface area contributed by atoms with E-state index >= 15 is 0 Å². The van der Waals surface area contributed by atoms with Crippen LogP contribution in [0.15, 0.2) is 0 Å². The average Bonchev–Trinajstić information content (AvgIpc) is 2.47. The zero-order valence-corrected chi connectivity index (χ0v) is 17.5. The van der Waals surface area contributed by atoms with E-state index in [1.807, 2.05) is 13.8 Å². The second kappa shape index (κ2) is 6.29. The highest BCUT2D eigenvalue weighted by Crippen LogP contribution is 2.64. The molecule has 0 aromatic heterocycles. The van der Waals surface area contributed by atoms with Gasteiger partial charge >= 0.3 is 0 Å². The van der Waals surface area contributed by atoms with Crippen molar-refractivity contribution >= 4 is 15.9 Å². The Balaban J connectivity index is 2.33. The number of rotatable bonds is 4. The van der Waals surface area contributed by atoms with E-state index in [-0.39, 0.29) is 10.8 Å². The minimum absolute atomic E-state index is 0.0533. The minimum atomic E-state index is -0.667. The maximum Gasteiger partial charge on any atom is 0.0730 e. The van der Waals surface area contributed by atoms with Gasteiger partial charge in [-0.2, -0.15) is 0 Å². The SMILES string of the molecule is CCC(C)(O)CCC1(O)C(C)CCC2C(C)(C)C(Br)CCC21C. The van der Waals surface area contributed by atoms with Gasteiger partial charge in [0, 0.05) is 4.83 Å². The molecule has 0 aliphatic heterocycles. The molecule has 0 radical (unpaired) electrons. The van der Waals surface area contributed by atoms with Crippen LogP contribution in [0.4, 0.5) is 0 Å². The lowest BCUT2D eigenvalue weighted by molar-refractivity contribution is -0.214. The third-order valence-corrected chi connectivity index (χ3v) is 9.53. The molecule has 2 aliphatic rings. The monoisotopic (exact) mass is 388 g/mol. The molecule has 2 nitrogen and oxygen atoms in total. The van der Waals surface area contributed by atoms with Gasteiger partial charge < -0.3 is 10.2 Å². The zero-order valence-electron chi connectivity index (χ0n) is 16.0. The van der Waals surface area contributed by atoms with Crippen LogP contribution in [0.2, 0.25) is 0 Å². The van der Waals surface area contributed by atoms with E-state index in [2.05, 4.69) is 43.6 Å². The lowest BCUT2D eigenvalue weighted by atomic mass is 9.44. The number of hydrogen-bond acceptors (Lipinski definition) is 2. The van der Waals surface area contributed by atoms with E-state index < -0.39 is 11.2 Å². The third kappa shape index (κ3) is 3.15. The van der Waals surface area contributed by atoms with Crippen molar-refractivity contribution in [3.63, 3.8) is 0 Å². The molecule has 0 spiro atoms. The standard InChI is InChI=1S/C20H37BrO2/c1-7-18(5,22)12-13-20(23)14(2)8-9-15-17(3,4)16(21)10-11-19(15,20)6/h14-16,22-23H,7-13H2,1-6H3. The van der Waals surface area contributed by atoms with E-state index in [9.17, 15) is 10.2 Å². The first-order chi connectivity index (χ1) is 10.4. The number of aliphatic hydroxyl groups is 2. The van der Waals surface area contributed by atoms with Gasteiger partial charge in [0.05, 0.1) is 11.2 Å². The largest absolute Gasteiger partial charge is 0.390 e. The van der Waals surface area contributed by atoms with Gasteiger partial charge in [0.25, 0.3) is 0 Å². The van der Waals surface area contributed by atoms with Crippen molar-refractivity contribution in [1.82, 2.24) is 0 Å². The minimum Gasteiger partial charge on any atom is -0.390 e. The van der Waals surface area contributed by atoms with Gasteiger partial charge in [-0.3, -0.25) is 0 Å². The van der Waals surface area contributed by atoms with E-state index in [1.54, 1.807) is 0 Å². The summed E-state index contributed by atoms with van der Waals surface area (Å²) in [5.74, 6) is 0.833. The fourth-order valence-corrected chi connectivity index (χ4v) is 6.16. The molecule has 3 heteroatoms. The number of halogens is 1. The second-order valence-corrected chi connectivity index (χ2v) is 10.7. The molecule has 2 saturated carbocycles. The van der Waals surface area contributed by atoms with Gasteiger partial charge in [0.15, 0.2) is 0 Å². The van der Waals surface area contributed by atoms with Gasteiger partial charge in [-0.1, -0.05) is 50.5 Å². The lowest BCUT2D eigenvalue weighted by Gasteiger charge is -2.64. The van der Waals surface area contributed by atoms with Crippen molar-refractivity contribution in [3.05, 3.63) is 0 Å². The Kier molecular flexibility index (Phi) is 5.39. The van der Waals surface area contributed by atoms with E-state index in [4.69, 9.17) is 0 Å². The van der Waals surface area contributed by atoms with Crippen LogP contribution < -0.4 is 0 Å². The van der Waals surface area contributed by atoms with Gasteiger partial charge in [-0.15, -0.1) is 0 Å². The summed E-state index contributed by atoms with van der Waals surface area (Å²) in [5.41, 5.74) is -1.18. The number of fused-ring (bicyclic) bond motifs is 1. The first-order valence-electron chi connectivity index (χ1n) is 9.49. The summed E-state index contributed by atoms with van der Waals surface area (Å²) in [6.45, 7) is 13.2. The van der Waals surface area contributed by atoms with Gasteiger partial charge in [-0.05, 0) is 74.5 Å². The fourth-order valence-electron chi connectivity index (χ4n) is 5.61. The lowest BCUT2D eigenvalue weighted by Crippen LogP contribution is -2.64. The summed E-state index contributed by atoms with van der Waals surface area (Å²) < 4.78 is 0. The van der Waals surface area contributed by atoms with Crippen LogP contribution >= 0.6 is 15.9 Å². The summed E-state index contributed by atoms with van der Waals surface area (Å²) in [6.07, 6.45) is 6.64. The maximum atomic E-state index is 11.8. The number of alkyl halides is 1. The topological polar surface area (TPSA) is 40.5 Å². The first kappa shape index (κ1) is 19.7. The van der Waals surface area contributed by atoms with Crippen LogP contribution in [0.25, 0.3) is 0 Å². The Morgan fingerprint density at radius 1 is 1.17 bits per heavy atom. The van der Waals surface area contributed by atoms with Crippen molar-refractivity contribution in [2.24, 2.45) is 22.7 Å². The quantitative estimate of drug-likeness (QED) is 0.641. The zero-order chi connectivity index (χ0) is 17.7. The molecule has 2 aliphatic carbocycles. The second-order valence-electron chi connectivity index (χ2n) is 9.55. The van der Waals surface area contributed by atoms with Crippen molar-refractivity contribution in [2.45, 2.75) is 103 Å². The molecule has 2 rings (SSSR count). The molecule has 23 heavy (non-hydrogen) atoms. The molecule has 2 fully saturated rings. The van der Waals surface area contributed by atoms with Crippen molar-refractivity contribution < 1.29 is 10.2 Å². The molecule has 6 atom stereocenters. The highest BCUT2D eigenvalue weighted by Gasteiger charge is 2.62. The Labute approximate surface area is 151 Å². The molecular formula is C20H37BrO2. The van der Waals surface area contributed by atoms with Gasteiger partial charge in [0.1, 0.15) is 0 Å². The highest BCUT2D eigenvalue weighted by molar-refractivity contribution is 9.09. The fraction of sp³-hybridized carbons (Fsp3) is 1.00. The van der Waals surface area contributed by atoms with Crippen LogP contribution in [-0.2, 0) is 0 Å². The molecule has 2 N–H and O–H groups in total. The smallest absolute Gasteiger partial charge is 0.0730 e. The molecule has 0 amide bonds. The van der Waals surface area contributed by atoms with E-state index in [0.717, 1.165) is 25.7 Å². The summed E-state index contributed by atoms with van der Waals surface area (Å²) in [4.78, 5) is 0.532. The Morgan fingerprint density at radius 3 is 2.35 bits per heavy atom. The Hall–Kier alpha value is 0.400. The molecule has 136 valence electrons. The van der Waals surface area contributed by atoms with Crippen LogP contribution in [0, 0.1) is 22.7 Å². The summed E-state index contributed by atoms with van der Waals surface area (Å²) in [7, 11) is 0. The first-order valence-corrected chi connectivity index (χ1v) is 10.4. The van der Waals surface area contributed by atoms with Crippen molar-refractivity contribution in [1.29, 1.82) is 0 Å². The van der Waals surface area contributed by atoms with E-state index in [0.29, 0.717) is 29.5 Å². The predicted molar refractivity (Wildman–Crippen MR) is 101 cm³/mol. The summed E-state index contributed by atoms with van der Waals surface area (Å²) in [5, 5.41) is 22.3. The molecule has 0 aromatic carbocycles. The molecular weight excluding hydrogens is 352 g/mol. The normalized spacial score (nSPS) is 46.0. The summed E-state index contributed by atoms with van der Waals surface area (Å²) in [6, 6.07) is 0. The predicted octanol–water partition coefficient (Wildman–Crippen LogP) is 5.29. The summed E-state index contributed by atoms with van der Waals surface area (Å²) >= 11 is 3.91. The maximum absolute atomic E-state index is 11.8. The average molecular weight is 389 g/mol. The van der Waals surface area contributed by atoms with Crippen molar-refractivity contribution in [2.75, 3.05) is 0 Å². The van der Waals surface area contributed by atoms with E-state index in [1.165, 1.54) is 6.42 Å². The third-order valence-electron chi connectivity index (χ3n) is 7.89. The van der Waals surface area contributed by atoms with Crippen LogP contribution in [0.1, 0.15) is 86.5 Å². The van der Waals surface area contributed by atoms with Crippen LogP contribution in [-0.4, -0.2) is 26.2 Å². The molecule has 0 saturated heterocycles. The molecule has 0 heterocycles. The van der Waals surface area contributed by atoms with Crippen LogP contribution in [0.5, 0.6) is 0 Å². The van der Waals surface area contributed by atoms with Crippen LogP contribution in [0.3, 0.4) is 0 Å². The molecule has 0 bridgehead atoms.